The molecule has 1 rings (SSSR count). The maximum absolute atomic E-state index is 12.8. The van der Waals surface area contributed by atoms with Gasteiger partial charge in [-0.3, -0.25) is 18.6 Å². The number of aliphatic hydroxyl groups is 5. The van der Waals surface area contributed by atoms with Gasteiger partial charge in [0.2, 0.25) is 0 Å². The molecule has 1 saturated carbocycles. The van der Waals surface area contributed by atoms with Crippen molar-refractivity contribution in [1.29, 1.82) is 0 Å². The second-order valence-electron chi connectivity index (χ2n) is 15.9. The summed E-state index contributed by atoms with van der Waals surface area (Å²) in [5.41, 5.74) is 0. The molecule has 0 aromatic carbocycles. The number of hydrogen-bond acceptors (Lipinski definition) is 12. The van der Waals surface area contributed by atoms with Gasteiger partial charge in [0, 0.05) is 12.8 Å². The van der Waals surface area contributed by atoms with E-state index in [9.17, 15) is 44.6 Å². The van der Waals surface area contributed by atoms with Crippen LogP contribution in [0.2, 0.25) is 0 Å². The maximum atomic E-state index is 12.8. The van der Waals surface area contributed by atoms with Gasteiger partial charge in [-0.1, -0.05) is 134 Å². The van der Waals surface area contributed by atoms with Crippen molar-refractivity contribution in [2.75, 3.05) is 13.2 Å². The number of ether oxygens (including phenoxy) is 2. The molecule has 59 heavy (non-hydrogen) atoms. The van der Waals surface area contributed by atoms with Gasteiger partial charge in [-0.25, -0.2) is 4.57 Å². The van der Waals surface area contributed by atoms with E-state index in [4.69, 9.17) is 18.5 Å². The Bertz CT molecular complexity index is 1180. The van der Waals surface area contributed by atoms with E-state index in [-0.39, 0.29) is 12.8 Å². The van der Waals surface area contributed by atoms with Crippen molar-refractivity contribution < 1.29 is 63.1 Å². The summed E-state index contributed by atoms with van der Waals surface area (Å²) in [5, 5.41) is 50.1. The number of rotatable bonds is 37. The van der Waals surface area contributed by atoms with Crippen molar-refractivity contribution in [1.82, 2.24) is 0 Å². The Morgan fingerprint density at radius 3 is 1.42 bits per heavy atom. The number of hydrogen-bond donors (Lipinski definition) is 6. The molecule has 13 nitrogen and oxygen atoms in total. The third kappa shape index (κ3) is 28.3. The van der Waals surface area contributed by atoms with Gasteiger partial charge in [0.25, 0.3) is 0 Å². The largest absolute Gasteiger partial charge is 0.472 e. The minimum atomic E-state index is -5.12. The first-order chi connectivity index (χ1) is 28.4. The highest BCUT2D eigenvalue weighted by atomic mass is 31.2. The van der Waals surface area contributed by atoms with Gasteiger partial charge in [0.1, 0.15) is 43.2 Å². The average Bonchev–Trinajstić information content (AvgIpc) is 3.21. The second kappa shape index (κ2) is 35.6. The number of phosphoric ester groups is 1. The van der Waals surface area contributed by atoms with Crippen LogP contribution in [0.1, 0.15) is 181 Å². The summed E-state index contributed by atoms with van der Waals surface area (Å²) in [6.45, 7) is 3.24. The van der Waals surface area contributed by atoms with Gasteiger partial charge in [-0.2, -0.15) is 0 Å². The molecule has 14 heteroatoms. The molecule has 8 atom stereocenters. The zero-order valence-electron chi connectivity index (χ0n) is 36.3. The molecular formula is C45H81O13P. The Morgan fingerprint density at radius 2 is 0.915 bits per heavy atom. The molecule has 6 unspecified atom stereocenters. The zero-order chi connectivity index (χ0) is 43.6. The molecular weight excluding hydrogens is 779 g/mol. The van der Waals surface area contributed by atoms with Crippen LogP contribution in [0.15, 0.2) is 36.5 Å². The SMILES string of the molecule is CCCCC/C=C/C/C=C/CCCCCCCC(=O)OC[C@H](COP(=O)(O)OC1C(O)C(O)C(O)[C@@H](O)C1O)OC(=O)CCCCCCCCC/C=C/CCCCCC. The molecule has 0 spiro atoms. The van der Waals surface area contributed by atoms with E-state index in [1.54, 1.807) is 0 Å². The molecule has 344 valence electrons. The predicted molar refractivity (Wildman–Crippen MR) is 230 cm³/mol. The summed E-state index contributed by atoms with van der Waals surface area (Å²) in [4.78, 5) is 35.7. The molecule has 6 N–H and O–H groups in total. The van der Waals surface area contributed by atoms with Gasteiger partial charge < -0.3 is 39.9 Å². The number of esters is 2. The van der Waals surface area contributed by atoms with Crippen molar-refractivity contribution in [3.63, 3.8) is 0 Å². The maximum Gasteiger partial charge on any atom is 0.472 e. The van der Waals surface area contributed by atoms with Crippen molar-refractivity contribution in [2.24, 2.45) is 0 Å². The lowest BCUT2D eigenvalue weighted by Gasteiger charge is -2.41. The molecule has 0 aliphatic heterocycles. The van der Waals surface area contributed by atoms with Crippen LogP contribution in [-0.4, -0.2) is 98.3 Å². The third-order valence-electron chi connectivity index (χ3n) is 10.5. The average molecular weight is 861 g/mol. The number of unbranched alkanes of at least 4 members (excludes halogenated alkanes) is 19. The van der Waals surface area contributed by atoms with Crippen LogP contribution in [0, 0.1) is 0 Å². The lowest BCUT2D eigenvalue weighted by molar-refractivity contribution is -0.220. The molecule has 1 aliphatic rings. The number of allylic oxidation sites excluding steroid dienone is 6. The molecule has 1 fully saturated rings. The van der Waals surface area contributed by atoms with E-state index >= 15 is 0 Å². The van der Waals surface area contributed by atoms with Gasteiger partial charge in [-0.05, 0) is 70.6 Å². The van der Waals surface area contributed by atoms with E-state index in [2.05, 4.69) is 50.3 Å². The van der Waals surface area contributed by atoms with E-state index in [1.807, 2.05) is 0 Å². The van der Waals surface area contributed by atoms with Gasteiger partial charge in [-0.15, -0.1) is 0 Å². The standard InChI is InChI=1S/C45H81O13P/c1-3-5-7-9-11-13-15-17-19-21-23-25-27-29-31-33-38(46)55-35-37(36-56-59(53,54)58-45-43(51)41(49)40(48)42(50)44(45)52)57-39(47)34-32-30-28-26-24-22-20-18-16-14-12-10-8-6-4-2/h11,13-14,16-17,19,37,40-45,48-52H,3-10,12,15,18,20-36H2,1-2H3,(H,53,54)/b13-11+,16-14+,19-17+/t37-,40?,41-,42?,43?,44?,45?/m1/s1. The smallest absolute Gasteiger partial charge is 0.462 e. The highest BCUT2D eigenvalue weighted by molar-refractivity contribution is 7.47. The van der Waals surface area contributed by atoms with Crippen molar-refractivity contribution in [3.8, 4) is 0 Å². The van der Waals surface area contributed by atoms with Crippen LogP contribution in [0.5, 0.6) is 0 Å². The van der Waals surface area contributed by atoms with Crippen LogP contribution in [0.3, 0.4) is 0 Å². The van der Waals surface area contributed by atoms with Gasteiger partial charge in [0.05, 0.1) is 6.61 Å². The van der Waals surface area contributed by atoms with Crippen LogP contribution in [-0.2, 0) is 32.7 Å². The molecule has 0 radical (unpaired) electrons. The summed E-state index contributed by atoms with van der Waals surface area (Å²) in [5.74, 6) is -1.12. The number of aliphatic hydroxyl groups excluding tert-OH is 5. The number of phosphoric acid groups is 1. The Kier molecular flexibility index (Phi) is 33.3. The fourth-order valence-electron chi connectivity index (χ4n) is 6.72. The summed E-state index contributed by atoms with van der Waals surface area (Å²) in [6.07, 6.45) is 26.2. The summed E-state index contributed by atoms with van der Waals surface area (Å²) in [6, 6.07) is 0. The minimum absolute atomic E-state index is 0.0886. The van der Waals surface area contributed by atoms with Crippen LogP contribution < -0.4 is 0 Å². The lowest BCUT2D eigenvalue weighted by atomic mass is 9.85. The molecule has 0 heterocycles. The fraction of sp³-hybridized carbons (Fsp3) is 0.822. The minimum Gasteiger partial charge on any atom is -0.462 e. The Labute approximate surface area is 355 Å². The van der Waals surface area contributed by atoms with Crippen LogP contribution in [0.4, 0.5) is 0 Å². The summed E-state index contributed by atoms with van der Waals surface area (Å²) in [7, 11) is -5.12. The van der Waals surface area contributed by atoms with Crippen molar-refractivity contribution in [3.05, 3.63) is 36.5 Å². The molecule has 0 aromatic heterocycles. The van der Waals surface area contributed by atoms with Gasteiger partial charge >= 0.3 is 19.8 Å². The van der Waals surface area contributed by atoms with Crippen molar-refractivity contribution in [2.45, 2.75) is 224 Å². The van der Waals surface area contributed by atoms with E-state index < -0.39 is 75.7 Å². The number of carbonyl (C=O) groups is 2. The normalized spacial score (nSPS) is 22.6. The molecule has 1 aliphatic carbocycles. The van der Waals surface area contributed by atoms with Crippen LogP contribution >= 0.6 is 7.82 Å². The zero-order valence-corrected chi connectivity index (χ0v) is 37.2. The molecule has 0 bridgehead atoms. The monoisotopic (exact) mass is 861 g/mol. The molecule has 0 amide bonds. The fourth-order valence-corrected chi connectivity index (χ4v) is 7.70. The Morgan fingerprint density at radius 1 is 0.525 bits per heavy atom. The van der Waals surface area contributed by atoms with E-state index in [0.29, 0.717) is 12.8 Å². The topological polar surface area (TPSA) is 210 Å². The Balaban J connectivity index is 2.48. The summed E-state index contributed by atoms with van der Waals surface area (Å²) >= 11 is 0. The second-order valence-corrected chi connectivity index (χ2v) is 17.3. The van der Waals surface area contributed by atoms with E-state index in [0.717, 1.165) is 83.5 Å². The van der Waals surface area contributed by atoms with E-state index in [1.165, 1.54) is 57.8 Å². The highest BCUT2D eigenvalue weighted by Crippen LogP contribution is 2.47. The first kappa shape index (κ1) is 55.1. The highest BCUT2D eigenvalue weighted by Gasteiger charge is 2.51. The quantitative estimate of drug-likeness (QED) is 0.0150. The van der Waals surface area contributed by atoms with Crippen molar-refractivity contribution >= 4 is 19.8 Å². The molecule has 0 aromatic rings. The third-order valence-corrected chi connectivity index (χ3v) is 11.4. The van der Waals surface area contributed by atoms with Gasteiger partial charge in [0.15, 0.2) is 6.10 Å². The van der Waals surface area contributed by atoms with Crippen LogP contribution in [0.25, 0.3) is 0 Å². The number of carbonyl (C=O) groups excluding carboxylic acids is 2. The lowest BCUT2D eigenvalue weighted by Crippen LogP contribution is -2.64. The molecule has 0 saturated heterocycles. The Hall–Kier alpha value is -1.93. The first-order valence-electron chi connectivity index (χ1n) is 22.8. The summed E-state index contributed by atoms with van der Waals surface area (Å²) < 4.78 is 33.5. The first-order valence-corrected chi connectivity index (χ1v) is 24.3. The predicted octanol–water partition coefficient (Wildman–Crippen LogP) is 8.61.